The normalized spacial score (nSPS) is 13.7. The fourth-order valence-corrected chi connectivity index (χ4v) is 4.52. The third-order valence-corrected chi connectivity index (χ3v) is 6.52. The molecule has 1 saturated heterocycles. The molecule has 0 aliphatic carbocycles. The molecule has 0 atom stereocenters. The zero-order valence-electron chi connectivity index (χ0n) is 20.4. The van der Waals surface area contributed by atoms with Crippen molar-refractivity contribution in [3.63, 3.8) is 0 Å². The van der Waals surface area contributed by atoms with Crippen LogP contribution in [0, 0.1) is 5.82 Å². The van der Waals surface area contributed by atoms with Crippen LogP contribution in [0.1, 0.15) is 0 Å². The van der Waals surface area contributed by atoms with Crippen LogP contribution >= 0.6 is 0 Å². The second-order valence-electron chi connectivity index (χ2n) is 8.81. The standard InChI is InChI=1S/C28H26FN7O/c1-37-24-13-9-21(10-14-24)31-26-25-19-30-36(23-5-3-2-4-6-23)27(25)33-28(32-26)35-17-15-34(16-18-35)22-11-7-20(29)8-12-22/h2-14,19H,15-18H2,1H3,(H,31,32,33). The third-order valence-electron chi connectivity index (χ3n) is 6.52. The molecule has 5 aromatic rings. The molecule has 3 aromatic carbocycles. The van der Waals surface area contributed by atoms with Gasteiger partial charge in [-0.15, -0.1) is 0 Å². The Morgan fingerprint density at radius 1 is 0.784 bits per heavy atom. The topological polar surface area (TPSA) is 71.3 Å². The van der Waals surface area contributed by atoms with E-state index in [2.05, 4.69) is 20.2 Å². The van der Waals surface area contributed by atoms with E-state index in [1.54, 1.807) is 13.3 Å². The highest BCUT2D eigenvalue weighted by Gasteiger charge is 2.22. The van der Waals surface area contributed by atoms with Crippen molar-refractivity contribution in [2.45, 2.75) is 0 Å². The summed E-state index contributed by atoms with van der Waals surface area (Å²) < 4.78 is 20.5. The Bertz CT molecular complexity index is 1500. The number of nitrogens with one attached hydrogen (secondary N) is 1. The zero-order chi connectivity index (χ0) is 25.2. The van der Waals surface area contributed by atoms with Gasteiger partial charge in [-0.25, -0.2) is 9.07 Å². The van der Waals surface area contributed by atoms with Gasteiger partial charge in [0, 0.05) is 37.6 Å². The van der Waals surface area contributed by atoms with E-state index in [0.29, 0.717) is 11.8 Å². The molecule has 0 bridgehead atoms. The minimum atomic E-state index is -0.226. The van der Waals surface area contributed by atoms with Crippen LogP contribution in [0.25, 0.3) is 16.7 Å². The molecule has 0 radical (unpaired) electrons. The van der Waals surface area contributed by atoms with E-state index in [9.17, 15) is 4.39 Å². The number of para-hydroxylation sites is 1. The molecule has 9 heteroatoms. The van der Waals surface area contributed by atoms with E-state index in [-0.39, 0.29) is 5.82 Å². The van der Waals surface area contributed by atoms with Crippen LogP contribution in [0.3, 0.4) is 0 Å². The minimum Gasteiger partial charge on any atom is -0.497 e. The maximum absolute atomic E-state index is 13.4. The third kappa shape index (κ3) is 4.63. The van der Waals surface area contributed by atoms with Crippen LogP contribution in [-0.2, 0) is 0 Å². The fraction of sp³-hybridized carbons (Fsp3) is 0.179. The summed E-state index contributed by atoms with van der Waals surface area (Å²) in [5, 5.41) is 8.91. The number of hydrogen-bond donors (Lipinski definition) is 1. The van der Waals surface area contributed by atoms with Gasteiger partial charge in [-0.2, -0.15) is 15.1 Å². The summed E-state index contributed by atoms with van der Waals surface area (Å²) in [5.41, 5.74) is 3.56. The first-order chi connectivity index (χ1) is 18.2. The highest BCUT2D eigenvalue weighted by atomic mass is 19.1. The predicted molar refractivity (Wildman–Crippen MR) is 144 cm³/mol. The lowest BCUT2D eigenvalue weighted by Gasteiger charge is -2.36. The van der Waals surface area contributed by atoms with Gasteiger partial charge in [-0.1, -0.05) is 18.2 Å². The van der Waals surface area contributed by atoms with Crippen LogP contribution in [0.15, 0.2) is 85.1 Å². The predicted octanol–water partition coefficient (Wildman–Crippen LogP) is 5.03. The maximum Gasteiger partial charge on any atom is 0.229 e. The summed E-state index contributed by atoms with van der Waals surface area (Å²) >= 11 is 0. The fourth-order valence-electron chi connectivity index (χ4n) is 4.52. The molecule has 1 N–H and O–H groups in total. The molecule has 0 spiro atoms. The van der Waals surface area contributed by atoms with E-state index in [4.69, 9.17) is 14.7 Å². The summed E-state index contributed by atoms with van der Waals surface area (Å²) in [5.74, 6) is 1.89. The van der Waals surface area contributed by atoms with Gasteiger partial charge in [-0.3, -0.25) is 0 Å². The molecular formula is C28H26FN7O. The van der Waals surface area contributed by atoms with Crippen LogP contribution in [-0.4, -0.2) is 53.0 Å². The van der Waals surface area contributed by atoms with E-state index in [1.807, 2.05) is 71.4 Å². The first-order valence-corrected chi connectivity index (χ1v) is 12.2. The van der Waals surface area contributed by atoms with Gasteiger partial charge in [0.05, 0.1) is 24.4 Å². The largest absolute Gasteiger partial charge is 0.497 e. The number of hydrogen-bond acceptors (Lipinski definition) is 7. The molecule has 8 nitrogen and oxygen atoms in total. The van der Waals surface area contributed by atoms with Crippen LogP contribution in [0.2, 0.25) is 0 Å². The molecule has 0 amide bonds. The highest BCUT2D eigenvalue weighted by molar-refractivity contribution is 5.90. The Hall–Kier alpha value is -4.66. The van der Waals surface area contributed by atoms with Crippen molar-refractivity contribution in [1.82, 2.24) is 19.7 Å². The highest BCUT2D eigenvalue weighted by Crippen LogP contribution is 2.29. The zero-order valence-corrected chi connectivity index (χ0v) is 20.4. The molecule has 186 valence electrons. The van der Waals surface area contributed by atoms with Crippen molar-refractivity contribution < 1.29 is 9.13 Å². The van der Waals surface area contributed by atoms with E-state index in [0.717, 1.165) is 60.0 Å². The van der Waals surface area contributed by atoms with Gasteiger partial charge in [0.25, 0.3) is 0 Å². The quantitative estimate of drug-likeness (QED) is 0.354. The van der Waals surface area contributed by atoms with Crippen molar-refractivity contribution in [3.05, 3.63) is 90.9 Å². The minimum absolute atomic E-state index is 0.226. The van der Waals surface area contributed by atoms with Gasteiger partial charge in [-0.05, 0) is 60.7 Å². The van der Waals surface area contributed by atoms with Crippen molar-refractivity contribution in [2.75, 3.05) is 48.4 Å². The van der Waals surface area contributed by atoms with Crippen molar-refractivity contribution in [1.29, 1.82) is 0 Å². The van der Waals surface area contributed by atoms with Gasteiger partial charge in [0.15, 0.2) is 5.65 Å². The van der Waals surface area contributed by atoms with Crippen molar-refractivity contribution in [3.8, 4) is 11.4 Å². The van der Waals surface area contributed by atoms with E-state index in [1.165, 1.54) is 12.1 Å². The summed E-state index contributed by atoms with van der Waals surface area (Å²) in [6.45, 7) is 3.05. The van der Waals surface area contributed by atoms with Crippen LogP contribution in [0.5, 0.6) is 5.75 Å². The number of benzene rings is 3. The molecule has 0 saturated carbocycles. The molecule has 6 rings (SSSR count). The number of anilines is 4. The lowest BCUT2D eigenvalue weighted by atomic mass is 10.2. The number of fused-ring (bicyclic) bond motifs is 1. The molecule has 1 fully saturated rings. The van der Waals surface area contributed by atoms with Crippen LogP contribution in [0.4, 0.5) is 27.5 Å². The Morgan fingerprint density at radius 2 is 1.49 bits per heavy atom. The van der Waals surface area contributed by atoms with Crippen molar-refractivity contribution >= 4 is 34.2 Å². The Labute approximate surface area is 213 Å². The summed E-state index contributed by atoms with van der Waals surface area (Å²) in [6.07, 6.45) is 1.80. The molecule has 0 unspecified atom stereocenters. The Morgan fingerprint density at radius 3 is 2.19 bits per heavy atom. The monoisotopic (exact) mass is 495 g/mol. The van der Waals surface area contributed by atoms with Gasteiger partial charge >= 0.3 is 0 Å². The summed E-state index contributed by atoms with van der Waals surface area (Å²) in [7, 11) is 1.65. The van der Waals surface area contributed by atoms with Gasteiger partial charge < -0.3 is 19.9 Å². The number of methoxy groups -OCH3 is 1. The summed E-state index contributed by atoms with van der Waals surface area (Å²) in [4.78, 5) is 14.3. The molecule has 3 heterocycles. The van der Waals surface area contributed by atoms with E-state index < -0.39 is 0 Å². The molecular weight excluding hydrogens is 469 g/mol. The van der Waals surface area contributed by atoms with Crippen molar-refractivity contribution in [2.24, 2.45) is 0 Å². The SMILES string of the molecule is COc1ccc(Nc2nc(N3CCN(c4ccc(F)cc4)CC3)nc3c2cnn3-c2ccccc2)cc1. The first kappa shape index (κ1) is 22.8. The number of piperazine rings is 1. The lowest BCUT2D eigenvalue weighted by Crippen LogP contribution is -2.47. The molecule has 1 aliphatic rings. The van der Waals surface area contributed by atoms with Gasteiger partial charge in [0.2, 0.25) is 5.95 Å². The smallest absolute Gasteiger partial charge is 0.229 e. The second kappa shape index (κ2) is 9.77. The van der Waals surface area contributed by atoms with E-state index >= 15 is 0 Å². The first-order valence-electron chi connectivity index (χ1n) is 12.2. The second-order valence-corrected chi connectivity index (χ2v) is 8.81. The van der Waals surface area contributed by atoms with Gasteiger partial charge in [0.1, 0.15) is 17.4 Å². The Balaban J connectivity index is 1.34. The average molecular weight is 496 g/mol. The van der Waals surface area contributed by atoms with Crippen LogP contribution < -0.4 is 19.9 Å². The number of aromatic nitrogens is 4. The number of rotatable bonds is 6. The number of nitrogens with zero attached hydrogens (tertiary/aromatic N) is 6. The summed E-state index contributed by atoms with van der Waals surface area (Å²) in [6, 6.07) is 24.3. The lowest BCUT2D eigenvalue weighted by molar-refractivity contribution is 0.415. The molecule has 2 aromatic heterocycles. The molecule has 1 aliphatic heterocycles. The number of ether oxygens (including phenoxy) is 1. The maximum atomic E-state index is 13.4. The number of halogens is 1. The molecule has 37 heavy (non-hydrogen) atoms. The Kier molecular flexibility index (Phi) is 6.02. The average Bonchev–Trinajstić information content (AvgIpc) is 3.39.